The van der Waals surface area contributed by atoms with Crippen molar-refractivity contribution in [1.82, 2.24) is 10.6 Å². The van der Waals surface area contributed by atoms with E-state index < -0.39 is 29.0 Å². The maximum atomic E-state index is 12.8. The molecule has 0 heterocycles. The number of carbonyl (C=O) groups excluding carboxylic acids is 2. The van der Waals surface area contributed by atoms with E-state index in [9.17, 15) is 19.5 Å². The molecule has 2 aliphatic rings. The molecule has 7 nitrogen and oxygen atoms in total. The lowest BCUT2D eigenvalue weighted by atomic mass is 9.90. The monoisotopic (exact) mass is 464 g/mol. The number of nitrogens with one attached hydrogen (secondary N) is 2. The van der Waals surface area contributed by atoms with Crippen LogP contribution in [0.2, 0.25) is 0 Å². The summed E-state index contributed by atoms with van der Waals surface area (Å²) in [6.07, 6.45) is 1.48. The summed E-state index contributed by atoms with van der Waals surface area (Å²) >= 11 is 0. The van der Waals surface area contributed by atoms with Crippen molar-refractivity contribution in [2.75, 3.05) is 6.61 Å². The van der Waals surface area contributed by atoms with Gasteiger partial charge in [0.1, 0.15) is 12.1 Å². The second-order valence-electron chi connectivity index (χ2n) is 9.86. The van der Waals surface area contributed by atoms with Crippen LogP contribution in [0, 0.1) is 5.92 Å². The van der Waals surface area contributed by atoms with Gasteiger partial charge in [0, 0.05) is 12.3 Å². The lowest BCUT2D eigenvalue weighted by molar-refractivity contribution is -0.147. The first-order valence-electron chi connectivity index (χ1n) is 11.8. The third kappa shape index (κ3) is 4.65. The van der Waals surface area contributed by atoms with Crippen LogP contribution in [0.3, 0.4) is 0 Å². The molecule has 0 aromatic heterocycles. The van der Waals surface area contributed by atoms with Crippen molar-refractivity contribution in [2.24, 2.45) is 5.92 Å². The summed E-state index contributed by atoms with van der Waals surface area (Å²) in [5.41, 5.74) is 2.43. The van der Waals surface area contributed by atoms with Gasteiger partial charge in [0.15, 0.2) is 0 Å². The Morgan fingerprint density at radius 3 is 2.03 bits per heavy atom. The fourth-order valence-corrected chi connectivity index (χ4v) is 4.86. The molecule has 0 aliphatic heterocycles. The fourth-order valence-electron chi connectivity index (χ4n) is 4.86. The zero-order chi connectivity index (χ0) is 24.5. The zero-order valence-electron chi connectivity index (χ0n) is 19.9. The van der Waals surface area contributed by atoms with Crippen molar-refractivity contribution < 1.29 is 24.2 Å². The molecular weight excluding hydrogens is 432 g/mol. The molecule has 2 aliphatic carbocycles. The number of benzene rings is 2. The SMILES string of the molecule is CCC(C)(NC(=O)CC(C)(NC(=O)OCC1c2ccccc2-c2ccccc21)C1CC1)C(=O)O. The Morgan fingerprint density at radius 1 is 0.971 bits per heavy atom. The predicted octanol–water partition coefficient (Wildman–Crippen LogP) is 4.45. The Bertz CT molecular complexity index is 1070. The molecule has 2 aromatic rings. The summed E-state index contributed by atoms with van der Waals surface area (Å²) in [7, 11) is 0. The normalized spacial score (nSPS) is 18.1. The first kappa shape index (κ1) is 23.8. The molecule has 3 N–H and O–H groups in total. The van der Waals surface area contributed by atoms with Crippen molar-refractivity contribution in [3.63, 3.8) is 0 Å². The molecule has 7 heteroatoms. The third-order valence-corrected chi connectivity index (χ3v) is 7.33. The van der Waals surface area contributed by atoms with Crippen LogP contribution >= 0.6 is 0 Å². The molecule has 2 atom stereocenters. The van der Waals surface area contributed by atoms with E-state index in [0.717, 1.165) is 35.1 Å². The van der Waals surface area contributed by atoms with E-state index in [0.29, 0.717) is 0 Å². The van der Waals surface area contributed by atoms with Crippen LogP contribution in [-0.2, 0) is 14.3 Å². The number of rotatable bonds is 9. The summed E-state index contributed by atoms with van der Waals surface area (Å²) in [5.74, 6) is -1.38. The first-order valence-corrected chi connectivity index (χ1v) is 11.8. The van der Waals surface area contributed by atoms with Crippen molar-refractivity contribution in [2.45, 2.75) is 63.5 Å². The number of fused-ring (bicyclic) bond motifs is 3. The summed E-state index contributed by atoms with van der Waals surface area (Å²) < 4.78 is 5.68. The molecule has 0 radical (unpaired) electrons. The Labute approximate surface area is 199 Å². The van der Waals surface area contributed by atoms with E-state index in [1.165, 1.54) is 6.92 Å². The van der Waals surface area contributed by atoms with Crippen molar-refractivity contribution in [1.29, 1.82) is 0 Å². The smallest absolute Gasteiger partial charge is 0.407 e. The van der Waals surface area contributed by atoms with Gasteiger partial charge in [-0.15, -0.1) is 0 Å². The Kier molecular flexibility index (Phi) is 6.39. The number of amides is 2. The van der Waals surface area contributed by atoms with Crippen LogP contribution in [0.1, 0.15) is 63.5 Å². The van der Waals surface area contributed by atoms with Gasteiger partial charge < -0.3 is 20.5 Å². The largest absolute Gasteiger partial charge is 0.480 e. The standard InChI is InChI=1S/C27H32N2O5/c1-4-26(2,24(31)32)28-23(30)15-27(3,17-13-14-17)29-25(33)34-16-22-20-11-7-5-9-18(20)19-10-6-8-12-21(19)22/h5-12,17,22H,4,13-16H2,1-3H3,(H,28,30)(H,29,33)(H,31,32). The van der Waals surface area contributed by atoms with Gasteiger partial charge in [-0.2, -0.15) is 0 Å². The minimum Gasteiger partial charge on any atom is -0.480 e. The second kappa shape index (κ2) is 9.12. The maximum absolute atomic E-state index is 12.8. The average molecular weight is 465 g/mol. The highest BCUT2D eigenvalue weighted by Crippen LogP contribution is 2.45. The molecule has 0 spiro atoms. The number of hydrogen-bond acceptors (Lipinski definition) is 4. The van der Waals surface area contributed by atoms with Crippen molar-refractivity contribution in [3.8, 4) is 11.1 Å². The molecule has 34 heavy (non-hydrogen) atoms. The van der Waals surface area contributed by atoms with E-state index in [4.69, 9.17) is 4.74 Å². The number of carboxylic acids is 1. The number of carbonyl (C=O) groups is 3. The van der Waals surface area contributed by atoms with Crippen LogP contribution in [0.25, 0.3) is 11.1 Å². The Balaban J connectivity index is 1.41. The highest BCUT2D eigenvalue weighted by Gasteiger charge is 2.45. The second-order valence-corrected chi connectivity index (χ2v) is 9.86. The topological polar surface area (TPSA) is 105 Å². The summed E-state index contributed by atoms with van der Waals surface area (Å²) in [6, 6.07) is 16.3. The van der Waals surface area contributed by atoms with E-state index in [2.05, 4.69) is 34.9 Å². The minimum atomic E-state index is -1.34. The lowest BCUT2D eigenvalue weighted by Crippen LogP contribution is -2.56. The number of alkyl carbamates (subject to hydrolysis) is 1. The van der Waals surface area contributed by atoms with E-state index in [1.54, 1.807) is 6.92 Å². The average Bonchev–Trinajstić information content (AvgIpc) is 3.61. The zero-order valence-corrected chi connectivity index (χ0v) is 19.9. The molecule has 2 unspecified atom stereocenters. The fraction of sp³-hybridized carbons (Fsp3) is 0.444. The van der Waals surface area contributed by atoms with E-state index >= 15 is 0 Å². The van der Waals surface area contributed by atoms with Gasteiger partial charge >= 0.3 is 12.1 Å². The first-order chi connectivity index (χ1) is 16.2. The summed E-state index contributed by atoms with van der Waals surface area (Å²) in [6.45, 7) is 5.22. The Hall–Kier alpha value is -3.35. The third-order valence-electron chi connectivity index (χ3n) is 7.33. The highest BCUT2D eigenvalue weighted by atomic mass is 16.5. The quantitative estimate of drug-likeness (QED) is 0.508. The maximum Gasteiger partial charge on any atom is 0.407 e. The van der Waals surface area contributed by atoms with Gasteiger partial charge in [-0.1, -0.05) is 55.5 Å². The lowest BCUT2D eigenvalue weighted by Gasteiger charge is -2.32. The van der Waals surface area contributed by atoms with Gasteiger partial charge in [0.05, 0.1) is 5.54 Å². The molecule has 180 valence electrons. The minimum absolute atomic E-state index is 0.00919. The molecule has 0 saturated heterocycles. The van der Waals surface area contributed by atoms with Gasteiger partial charge in [-0.3, -0.25) is 4.79 Å². The van der Waals surface area contributed by atoms with Crippen LogP contribution < -0.4 is 10.6 Å². The number of carboxylic acid groups (broad SMARTS) is 1. The van der Waals surface area contributed by atoms with Crippen LogP contribution in [-0.4, -0.2) is 40.8 Å². The Morgan fingerprint density at radius 2 is 1.53 bits per heavy atom. The predicted molar refractivity (Wildman–Crippen MR) is 128 cm³/mol. The molecule has 2 aromatic carbocycles. The van der Waals surface area contributed by atoms with Gasteiger partial charge in [0.25, 0.3) is 0 Å². The van der Waals surface area contributed by atoms with E-state index in [1.807, 2.05) is 31.2 Å². The molecule has 4 rings (SSSR count). The molecule has 1 fully saturated rings. The van der Waals surface area contributed by atoms with Crippen LogP contribution in [0.5, 0.6) is 0 Å². The summed E-state index contributed by atoms with van der Waals surface area (Å²) in [5, 5.41) is 15.0. The summed E-state index contributed by atoms with van der Waals surface area (Å²) in [4.78, 5) is 37.1. The molecule has 2 amide bonds. The van der Waals surface area contributed by atoms with Gasteiger partial charge in [-0.25, -0.2) is 9.59 Å². The van der Waals surface area contributed by atoms with E-state index in [-0.39, 0.29) is 31.3 Å². The van der Waals surface area contributed by atoms with Crippen molar-refractivity contribution >= 4 is 18.0 Å². The number of ether oxygens (including phenoxy) is 1. The van der Waals surface area contributed by atoms with Crippen molar-refractivity contribution in [3.05, 3.63) is 59.7 Å². The molecule has 1 saturated carbocycles. The molecular formula is C27H32N2O5. The molecule has 0 bridgehead atoms. The van der Waals surface area contributed by atoms with Gasteiger partial charge in [-0.05, 0) is 61.3 Å². The highest BCUT2D eigenvalue weighted by molar-refractivity contribution is 5.87. The van der Waals surface area contributed by atoms with Crippen LogP contribution in [0.4, 0.5) is 4.79 Å². The number of aliphatic carboxylic acids is 1. The number of hydrogen-bond donors (Lipinski definition) is 3. The van der Waals surface area contributed by atoms with Gasteiger partial charge in [0.2, 0.25) is 5.91 Å². The van der Waals surface area contributed by atoms with Crippen LogP contribution in [0.15, 0.2) is 48.5 Å².